The second-order valence-electron chi connectivity index (χ2n) is 5.75. The molecule has 6 nitrogen and oxygen atoms in total. The van der Waals surface area contributed by atoms with Gasteiger partial charge in [-0.25, -0.2) is 4.39 Å². The van der Waals surface area contributed by atoms with Crippen LogP contribution in [0.4, 0.5) is 4.39 Å². The second-order valence-corrected chi connectivity index (χ2v) is 5.75. The number of hydrogen-bond donors (Lipinski definition) is 0. The Hall–Kier alpha value is -2.93. The van der Waals surface area contributed by atoms with Crippen molar-refractivity contribution in [1.29, 1.82) is 0 Å². The van der Waals surface area contributed by atoms with Crippen molar-refractivity contribution >= 4 is 0 Å². The third kappa shape index (κ3) is 4.58. The summed E-state index contributed by atoms with van der Waals surface area (Å²) in [4.78, 5) is 6.43. The first-order valence-corrected chi connectivity index (χ1v) is 8.18. The Bertz CT molecular complexity index is 836. The summed E-state index contributed by atoms with van der Waals surface area (Å²) in [6.45, 7) is 1.62. The van der Waals surface area contributed by atoms with Crippen LogP contribution in [0.5, 0.6) is 11.5 Å². The predicted molar refractivity (Wildman–Crippen MR) is 94.5 cm³/mol. The quantitative estimate of drug-likeness (QED) is 0.616. The van der Waals surface area contributed by atoms with Crippen molar-refractivity contribution in [2.45, 2.75) is 6.54 Å². The molecule has 7 heteroatoms. The summed E-state index contributed by atoms with van der Waals surface area (Å²) in [6.07, 6.45) is 0. The van der Waals surface area contributed by atoms with E-state index in [2.05, 4.69) is 10.1 Å². The van der Waals surface area contributed by atoms with Crippen molar-refractivity contribution in [3.8, 4) is 22.9 Å². The van der Waals surface area contributed by atoms with Crippen LogP contribution < -0.4 is 9.47 Å². The number of methoxy groups -OCH3 is 1. The van der Waals surface area contributed by atoms with Gasteiger partial charge in [0.05, 0.1) is 19.2 Å². The maximum absolute atomic E-state index is 12.9. The van der Waals surface area contributed by atoms with E-state index in [1.54, 1.807) is 19.2 Å². The zero-order valence-electron chi connectivity index (χ0n) is 14.7. The highest BCUT2D eigenvalue weighted by molar-refractivity contribution is 5.63. The summed E-state index contributed by atoms with van der Waals surface area (Å²) in [7, 11) is 3.54. The molecule has 0 aliphatic carbocycles. The number of nitrogens with zero attached hydrogens (tertiary/aromatic N) is 3. The minimum atomic E-state index is -0.281. The van der Waals surface area contributed by atoms with E-state index in [0.717, 1.165) is 5.56 Å². The van der Waals surface area contributed by atoms with Crippen molar-refractivity contribution < 1.29 is 18.4 Å². The second kappa shape index (κ2) is 8.44. The zero-order valence-corrected chi connectivity index (χ0v) is 14.7. The first-order chi connectivity index (χ1) is 12.7. The number of rotatable bonds is 8. The smallest absolute Gasteiger partial charge is 0.241 e. The van der Waals surface area contributed by atoms with Crippen molar-refractivity contribution in [2.75, 3.05) is 27.3 Å². The molecule has 0 amide bonds. The highest BCUT2D eigenvalue weighted by Crippen LogP contribution is 2.27. The molecular formula is C19H20FN3O3. The molecule has 0 N–H and O–H groups in total. The van der Waals surface area contributed by atoms with E-state index >= 15 is 0 Å². The van der Waals surface area contributed by atoms with E-state index in [1.165, 1.54) is 12.1 Å². The number of benzene rings is 2. The lowest BCUT2D eigenvalue weighted by Crippen LogP contribution is -2.24. The Balaban J connectivity index is 1.52. The SMILES string of the molecule is COc1ccccc1-c1noc(CN(C)CCOc2ccc(F)cc2)n1. The number of aromatic nitrogens is 2. The van der Waals surface area contributed by atoms with Gasteiger partial charge in [0.15, 0.2) is 0 Å². The first kappa shape index (κ1) is 17.9. The molecule has 0 spiro atoms. The standard InChI is InChI=1S/C19H20FN3O3/c1-23(11-12-25-15-9-7-14(20)8-10-15)13-18-21-19(22-26-18)16-5-3-4-6-17(16)24-2/h3-10H,11-13H2,1-2H3. The van der Waals surface area contributed by atoms with Crippen LogP contribution in [0.2, 0.25) is 0 Å². The summed E-state index contributed by atoms with van der Waals surface area (Å²) < 4.78 is 29.1. The van der Waals surface area contributed by atoms with E-state index < -0.39 is 0 Å². The Morgan fingerprint density at radius 2 is 1.88 bits per heavy atom. The predicted octanol–water partition coefficient (Wildman–Crippen LogP) is 3.40. The Morgan fingerprint density at radius 3 is 2.65 bits per heavy atom. The molecule has 0 bridgehead atoms. The number of likely N-dealkylation sites (N-methyl/N-ethyl adjacent to an activating group) is 1. The Labute approximate surface area is 151 Å². The van der Waals surface area contributed by atoms with Crippen LogP contribution in [-0.2, 0) is 6.54 Å². The van der Waals surface area contributed by atoms with Gasteiger partial charge in [-0.3, -0.25) is 4.90 Å². The molecule has 0 unspecified atom stereocenters. The van der Waals surface area contributed by atoms with Crippen LogP contribution in [0.15, 0.2) is 53.1 Å². The van der Waals surface area contributed by atoms with Gasteiger partial charge in [0.1, 0.15) is 23.9 Å². The van der Waals surface area contributed by atoms with Crippen LogP contribution in [0.1, 0.15) is 5.89 Å². The van der Waals surface area contributed by atoms with Gasteiger partial charge in [0.25, 0.3) is 0 Å². The van der Waals surface area contributed by atoms with E-state index in [-0.39, 0.29) is 5.82 Å². The lowest BCUT2D eigenvalue weighted by atomic mass is 10.2. The molecule has 0 atom stereocenters. The lowest BCUT2D eigenvalue weighted by molar-refractivity contribution is 0.212. The minimum absolute atomic E-state index is 0.281. The maximum atomic E-state index is 12.9. The first-order valence-electron chi connectivity index (χ1n) is 8.18. The number of ether oxygens (including phenoxy) is 2. The largest absolute Gasteiger partial charge is 0.496 e. The highest BCUT2D eigenvalue weighted by atomic mass is 19.1. The normalized spacial score (nSPS) is 10.9. The van der Waals surface area contributed by atoms with Crippen LogP contribution >= 0.6 is 0 Å². The molecule has 0 saturated heterocycles. The van der Waals surface area contributed by atoms with Crippen molar-refractivity contribution in [2.24, 2.45) is 0 Å². The fraction of sp³-hybridized carbons (Fsp3) is 0.263. The van der Waals surface area contributed by atoms with E-state index in [0.29, 0.717) is 42.9 Å². The molecule has 0 aliphatic heterocycles. The molecule has 2 aromatic carbocycles. The Kier molecular flexibility index (Phi) is 5.80. The molecular weight excluding hydrogens is 337 g/mol. The molecule has 3 aromatic rings. The van der Waals surface area contributed by atoms with Gasteiger partial charge in [-0.15, -0.1) is 0 Å². The van der Waals surface area contributed by atoms with E-state index in [1.807, 2.05) is 36.2 Å². The lowest BCUT2D eigenvalue weighted by Gasteiger charge is -2.14. The van der Waals surface area contributed by atoms with Gasteiger partial charge in [-0.1, -0.05) is 17.3 Å². The van der Waals surface area contributed by atoms with Gasteiger partial charge < -0.3 is 14.0 Å². The van der Waals surface area contributed by atoms with Crippen molar-refractivity contribution in [1.82, 2.24) is 15.0 Å². The van der Waals surface area contributed by atoms with Crippen LogP contribution in [0.3, 0.4) is 0 Å². The molecule has 0 fully saturated rings. The molecule has 136 valence electrons. The topological polar surface area (TPSA) is 60.6 Å². The molecule has 0 saturated carbocycles. The third-order valence-corrected chi connectivity index (χ3v) is 3.78. The summed E-state index contributed by atoms with van der Waals surface area (Å²) >= 11 is 0. The van der Waals surface area contributed by atoms with E-state index in [9.17, 15) is 4.39 Å². The molecule has 3 rings (SSSR count). The molecule has 0 aliphatic rings. The average Bonchev–Trinajstić information content (AvgIpc) is 3.11. The van der Waals surface area contributed by atoms with Gasteiger partial charge in [-0.2, -0.15) is 4.98 Å². The van der Waals surface area contributed by atoms with Gasteiger partial charge in [0, 0.05) is 6.54 Å². The number of para-hydroxylation sites is 1. The molecule has 0 radical (unpaired) electrons. The zero-order chi connectivity index (χ0) is 18.4. The monoisotopic (exact) mass is 357 g/mol. The highest BCUT2D eigenvalue weighted by Gasteiger charge is 2.14. The van der Waals surface area contributed by atoms with E-state index in [4.69, 9.17) is 14.0 Å². The summed E-state index contributed by atoms with van der Waals surface area (Å²) in [6, 6.07) is 13.5. The van der Waals surface area contributed by atoms with Crippen LogP contribution in [0, 0.1) is 5.82 Å². The summed E-state index contributed by atoms with van der Waals surface area (Å²) in [5.74, 6) is 2.05. The number of halogens is 1. The molecule has 1 aromatic heterocycles. The summed E-state index contributed by atoms with van der Waals surface area (Å²) in [5.41, 5.74) is 0.785. The van der Waals surface area contributed by atoms with Gasteiger partial charge in [-0.05, 0) is 43.4 Å². The summed E-state index contributed by atoms with van der Waals surface area (Å²) in [5, 5.41) is 4.02. The van der Waals surface area contributed by atoms with Gasteiger partial charge in [0.2, 0.25) is 11.7 Å². The molecule has 1 heterocycles. The minimum Gasteiger partial charge on any atom is -0.496 e. The number of hydrogen-bond acceptors (Lipinski definition) is 6. The third-order valence-electron chi connectivity index (χ3n) is 3.78. The Morgan fingerprint density at radius 1 is 1.12 bits per heavy atom. The van der Waals surface area contributed by atoms with Crippen LogP contribution in [0.25, 0.3) is 11.4 Å². The van der Waals surface area contributed by atoms with Crippen LogP contribution in [-0.4, -0.2) is 42.3 Å². The molecule has 26 heavy (non-hydrogen) atoms. The van der Waals surface area contributed by atoms with Crippen molar-refractivity contribution in [3.05, 3.63) is 60.2 Å². The van der Waals surface area contributed by atoms with Crippen molar-refractivity contribution in [3.63, 3.8) is 0 Å². The average molecular weight is 357 g/mol. The fourth-order valence-corrected chi connectivity index (χ4v) is 2.42. The fourth-order valence-electron chi connectivity index (χ4n) is 2.42. The van der Waals surface area contributed by atoms with Gasteiger partial charge >= 0.3 is 0 Å². The maximum Gasteiger partial charge on any atom is 0.241 e.